The molecule has 66 valence electrons. The van der Waals surface area contributed by atoms with Crippen molar-refractivity contribution < 1.29 is 9.09 Å². The van der Waals surface area contributed by atoms with Gasteiger partial charge in [0.1, 0.15) is 6.61 Å². The molecular formula is C8H13NO2P+. The molecular weight excluding hydrogens is 173 g/mol. The molecule has 0 amide bonds. The average Bonchev–Trinajstić information content (AvgIpc) is 2.07. The number of hydrogen-bond donors (Lipinski definition) is 1. The van der Waals surface area contributed by atoms with Crippen LogP contribution < -0.4 is 6.15 Å². The first-order valence-corrected chi connectivity index (χ1v) is 4.28. The van der Waals surface area contributed by atoms with E-state index in [1.165, 1.54) is 5.56 Å². The van der Waals surface area contributed by atoms with Gasteiger partial charge in [0.25, 0.3) is 0 Å². The van der Waals surface area contributed by atoms with Crippen molar-refractivity contribution in [2.24, 2.45) is 0 Å². The minimum Gasteiger partial charge on any atom is -0.344 e. The van der Waals surface area contributed by atoms with Crippen LogP contribution in [-0.2, 0) is 15.5 Å². The highest BCUT2D eigenvalue weighted by Gasteiger charge is 1.93. The van der Waals surface area contributed by atoms with E-state index in [-0.39, 0.29) is 6.15 Å². The minimum absolute atomic E-state index is 0. The Morgan fingerprint density at radius 1 is 1.25 bits per heavy atom. The highest BCUT2D eigenvalue weighted by atomic mass is 31.1. The summed E-state index contributed by atoms with van der Waals surface area (Å²) < 4.78 is 14.6. The van der Waals surface area contributed by atoms with E-state index in [9.17, 15) is 4.57 Å². The highest BCUT2D eigenvalue weighted by molar-refractivity contribution is 7.17. The Bertz CT molecular complexity index is 216. The summed E-state index contributed by atoms with van der Waals surface area (Å²) in [6, 6.07) is 9.98. The Morgan fingerprint density at radius 3 is 2.50 bits per heavy atom. The summed E-state index contributed by atoms with van der Waals surface area (Å²) in [5, 5.41) is 0. The molecule has 1 atom stereocenters. The van der Waals surface area contributed by atoms with Gasteiger partial charge in [-0.1, -0.05) is 30.3 Å². The van der Waals surface area contributed by atoms with Crippen LogP contribution in [0.3, 0.4) is 0 Å². The van der Waals surface area contributed by atoms with Crippen LogP contribution in [0.2, 0.25) is 0 Å². The van der Waals surface area contributed by atoms with Crippen molar-refractivity contribution in [2.75, 3.05) is 6.61 Å². The second kappa shape index (κ2) is 6.92. The average molecular weight is 186 g/mol. The Hall–Kier alpha value is -0.760. The van der Waals surface area contributed by atoms with Crippen molar-refractivity contribution >= 4 is 8.69 Å². The summed E-state index contributed by atoms with van der Waals surface area (Å²) in [7, 11) is -0.641. The first-order chi connectivity index (χ1) is 5.43. The quantitative estimate of drug-likeness (QED) is 0.579. The predicted octanol–water partition coefficient (Wildman–Crippen LogP) is 2.35. The third-order valence-corrected chi connectivity index (χ3v) is 1.72. The fourth-order valence-corrected chi connectivity index (χ4v) is 1.04. The van der Waals surface area contributed by atoms with E-state index >= 15 is 0 Å². The molecule has 0 aliphatic carbocycles. The molecule has 3 N–H and O–H groups in total. The lowest BCUT2D eigenvalue weighted by Crippen LogP contribution is -1.90. The summed E-state index contributed by atoms with van der Waals surface area (Å²) in [5.74, 6) is 0. The Balaban J connectivity index is 0.00000121. The lowest BCUT2D eigenvalue weighted by molar-refractivity contribution is 0.347. The van der Waals surface area contributed by atoms with Gasteiger partial charge >= 0.3 is 8.69 Å². The molecule has 0 fully saturated rings. The molecule has 0 spiro atoms. The van der Waals surface area contributed by atoms with Gasteiger partial charge in [-0.15, -0.1) is 4.52 Å². The summed E-state index contributed by atoms with van der Waals surface area (Å²) in [4.78, 5) is 0. The molecule has 0 heterocycles. The van der Waals surface area contributed by atoms with E-state index in [1.807, 2.05) is 30.3 Å². The molecule has 0 aliphatic rings. The standard InChI is InChI=1S/C8H10O2P.H3N/c9-11-10-7-6-8-4-2-1-3-5-8;/h1-5,11H,6-7H2;1H3/q+1;. The zero-order chi connectivity index (χ0) is 7.94. The Labute approximate surface area is 73.6 Å². The fraction of sp³-hybridized carbons (Fsp3) is 0.250. The Kier molecular flexibility index (Phi) is 6.48. The molecule has 1 unspecified atom stereocenters. The Morgan fingerprint density at radius 2 is 1.92 bits per heavy atom. The largest absolute Gasteiger partial charge is 0.494 e. The molecule has 0 saturated carbocycles. The molecule has 0 saturated heterocycles. The SMILES string of the molecule is N.O=[PH+]OCCc1ccccc1. The lowest BCUT2D eigenvalue weighted by atomic mass is 10.2. The van der Waals surface area contributed by atoms with Crippen LogP contribution in [0.4, 0.5) is 0 Å². The molecule has 1 aromatic rings. The zero-order valence-electron chi connectivity index (χ0n) is 6.82. The molecule has 4 heteroatoms. The van der Waals surface area contributed by atoms with Gasteiger partial charge in [-0.2, -0.15) is 0 Å². The van der Waals surface area contributed by atoms with Crippen LogP contribution in [0.25, 0.3) is 0 Å². The molecule has 0 bridgehead atoms. The van der Waals surface area contributed by atoms with Crippen molar-refractivity contribution in [3.63, 3.8) is 0 Å². The zero-order valence-corrected chi connectivity index (χ0v) is 7.82. The van der Waals surface area contributed by atoms with Gasteiger partial charge in [0.15, 0.2) is 0 Å². The van der Waals surface area contributed by atoms with Gasteiger partial charge in [0, 0.05) is 6.42 Å². The second-order valence-electron chi connectivity index (χ2n) is 2.17. The summed E-state index contributed by atoms with van der Waals surface area (Å²) in [5.41, 5.74) is 1.21. The highest BCUT2D eigenvalue weighted by Crippen LogP contribution is 2.02. The smallest absolute Gasteiger partial charge is 0.344 e. The van der Waals surface area contributed by atoms with E-state index in [0.29, 0.717) is 6.61 Å². The van der Waals surface area contributed by atoms with Crippen LogP contribution in [-0.4, -0.2) is 6.61 Å². The molecule has 0 radical (unpaired) electrons. The van der Waals surface area contributed by atoms with E-state index in [4.69, 9.17) is 4.52 Å². The summed E-state index contributed by atoms with van der Waals surface area (Å²) in [6.45, 7) is 0.534. The van der Waals surface area contributed by atoms with Gasteiger partial charge in [0.05, 0.1) is 0 Å². The van der Waals surface area contributed by atoms with E-state index < -0.39 is 8.69 Å². The van der Waals surface area contributed by atoms with Crippen LogP contribution >= 0.6 is 8.69 Å². The van der Waals surface area contributed by atoms with Crippen molar-refractivity contribution in [1.29, 1.82) is 0 Å². The maximum absolute atomic E-state index is 9.93. The first kappa shape index (κ1) is 11.2. The lowest BCUT2D eigenvalue weighted by Gasteiger charge is -1.93. The van der Waals surface area contributed by atoms with Gasteiger partial charge in [-0.25, -0.2) is 0 Å². The van der Waals surface area contributed by atoms with Crippen LogP contribution in [0.5, 0.6) is 0 Å². The van der Waals surface area contributed by atoms with Gasteiger partial charge < -0.3 is 6.15 Å². The maximum Gasteiger partial charge on any atom is 0.494 e. The summed E-state index contributed by atoms with van der Waals surface area (Å²) >= 11 is 0. The van der Waals surface area contributed by atoms with Crippen molar-refractivity contribution in [2.45, 2.75) is 6.42 Å². The van der Waals surface area contributed by atoms with Crippen molar-refractivity contribution in [3.05, 3.63) is 35.9 Å². The predicted molar refractivity (Wildman–Crippen MR) is 50.1 cm³/mol. The number of rotatable bonds is 4. The molecule has 0 aliphatic heterocycles. The number of hydrogen-bond acceptors (Lipinski definition) is 3. The van der Waals surface area contributed by atoms with Gasteiger partial charge in [-0.05, 0) is 10.1 Å². The second-order valence-corrected chi connectivity index (χ2v) is 2.62. The molecule has 3 nitrogen and oxygen atoms in total. The van der Waals surface area contributed by atoms with E-state index in [1.54, 1.807) is 0 Å². The maximum atomic E-state index is 9.93. The minimum atomic E-state index is -0.641. The van der Waals surface area contributed by atoms with Crippen LogP contribution in [0, 0.1) is 0 Å². The molecule has 0 aromatic heterocycles. The monoisotopic (exact) mass is 186 g/mol. The molecule has 12 heavy (non-hydrogen) atoms. The van der Waals surface area contributed by atoms with Gasteiger partial charge in [-0.3, -0.25) is 0 Å². The third-order valence-electron chi connectivity index (χ3n) is 1.39. The van der Waals surface area contributed by atoms with Crippen molar-refractivity contribution in [1.82, 2.24) is 6.15 Å². The third kappa shape index (κ3) is 4.19. The topological polar surface area (TPSA) is 61.3 Å². The van der Waals surface area contributed by atoms with Gasteiger partial charge in [0.2, 0.25) is 0 Å². The van der Waals surface area contributed by atoms with E-state index in [0.717, 1.165) is 6.42 Å². The van der Waals surface area contributed by atoms with Crippen LogP contribution in [0.15, 0.2) is 30.3 Å². The number of benzene rings is 1. The first-order valence-electron chi connectivity index (χ1n) is 3.46. The summed E-state index contributed by atoms with van der Waals surface area (Å²) in [6.07, 6.45) is 0.829. The van der Waals surface area contributed by atoms with Crippen LogP contribution in [0.1, 0.15) is 5.56 Å². The normalized spacial score (nSPS) is 9.33. The molecule has 1 rings (SSSR count). The fourth-order valence-electron chi connectivity index (χ4n) is 0.855. The van der Waals surface area contributed by atoms with E-state index in [2.05, 4.69) is 0 Å². The molecule has 1 aromatic carbocycles. The van der Waals surface area contributed by atoms with Crippen molar-refractivity contribution in [3.8, 4) is 0 Å².